The number of benzene rings is 1. The van der Waals surface area contributed by atoms with Gasteiger partial charge in [-0.05, 0) is 31.4 Å². The number of para-hydroxylation sites is 1. The molecule has 2 amide bonds. The molecule has 3 N–H and O–H groups in total. The zero-order chi connectivity index (χ0) is 12.8. The number of nitrogens with one attached hydrogen (secondary N) is 2. The molecule has 2 rings (SSSR count). The molecule has 0 aliphatic heterocycles. The SMILES string of the molecule is O=C(NCC1(O)C=CCCC1)Nc1ccccc1. The van der Waals surface area contributed by atoms with E-state index in [1.165, 1.54) is 0 Å². The van der Waals surface area contributed by atoms with E-state index in [0.717, 1.165) is 18.5 Å². The third-order valence-electron chi connectivity index (χ3n) is 3.00. The Kier molecular flexibility index (Phi) is 3.99. The summed E-state index contributed by atoms with van der Waals surface area (Å²) in [6.07, 6.45) is 6.38. The van der Waals surface area contributed by atoms with Gasteiger partial charge < -0.3 is 15.7 Å². The fraction of sp³-hybridized carbons (Fsp3) is 0.357. The summed E-state index contributed by atoms with van der Waals surface area (Å²) < 4.78 is 0. The zero-order valence-electron chi connectivity index (χ0n) is 10.2. The number of allylic oxidation sites excluding steroid dienone is 1. The quantitative estimate of drug-likeness (QED) is 0.716. The summed E-state index contributed by atoms with van der Waals surface area (Å²) in [5.41, 5.74) is -0.159. The number of amides is 2. The van der Waals surface area contributed by atoms with E-state index in [0.29, 0.717) is 6.42 Å². The van der Waals surface area contributed by atoms with Crippen molar-refractivity contribution in [2.75, 3.05) is 11.9 Å². The first-order valence-corrected chi connectivity index (χ1v) is 6.18. The van der Waals surface area contributed by atoms with Crippen LogP contribution in [0.4, 0.5) is 10.5 Å². The third-order valence-corrected chi connectivity index (χ3v) is 3.00. The number of hydrogen-bond acceptors (Lipinski definition) is 2. The molecule has 0 radical (unpaired) electrons. The third kappa shape index (κ3) is 3.60. The number of rotatable bonds is 3. The molecule has 0 bridgehead atoms. The van der Waals surface area contributed by atoms with Gasteiger partial charge in [0.2, 0.25) is 0 Å². The van der Waals surface area contributed by atoms with Gasteiger partial charge in [-0.3, -0.25) is 0 Å². The van der Waals surface area contributed by atoms with Crippen molar-refractivity contribution in [3.05, 3.63) is 42.5 Å². The van der Waals surface area contributed by atoms with Gasteiger partial charge in [-0.1, -0.05) is 30.4 Å². The lowest BCUT2D eigenvalue weighted by atomic mass is 9.91. The second-order valence-electron chi connectivity index (χ2n) is 4.57. The molecule has 0 spiro atoms. The van der Waals surface area contributed by atoms with Crippen LogP contribution in [0.15, 0.2) is 42.5 Å². The summed E-state index contributed by atoms with van der Waals surface area (Å²) in [5.74, 6) is 0. The highest BCUT2D eigenvalue weighted by Gasteiger charge is 2.25. The van der Waals surface area contributed by atoms with Crippen LogP contribution in [0.25, 0.3) is 0 Å². The lowest BCUT2D eigenvalue weighted by Gasteiger charge is -2.27. The van der Waals surface area contributed by atoms with Crippen molar-refractivity contribution < 1.29 is 9.90 Å². The summed E-state index contributed by atoms with van der Waals surface area (Å²) in [4.78, 5) is 11.6. The van der Waals surface area contributed by atoms with Crippen LogP contribution in [0, 0.1) is 0 Å². The summed E-state index contributed by atoms with van der Waals surface area (Å²) >= 11 is 0. The van der Waals surface area contributed by atoms with Gasteiger partial charge in [0.1, 0.15) is 5.60 Å². The van der Waals surface area contributed by atoms with Crippen LogP contribution in [0.3, 0.4) is 0 Å². The smallest absolute Gasteiger partial charge is 0.319 e. The van der Waals surface area contributed by atoms with Crippen molar-refractivity contribution in [3.8, 4) is 0 Å². The van der Waals surface area contributed by atoms with Gasteiger partial charge >= 0.3 is 6.03 Å². The molecule has 1 atom stereocenters. The number of hydrogen-bond donors (Lipinski definition) is 3. The van der Waals surface area contributed by atoms with E-state index in [1.54, 1.807) is 6.08 Å². The molecule has 4 nitrogen and oxygen atoms in total. The van der Waals surface area contributed by atoms with Gasteiger partial charge in [-0.2, -0.15) is 0 Å². The van der Waals surface area contributed by atoms with Crippen molar-refractivity contribution in [2.24, 2.45) is 0 Å². The van der Waals surface area contributed by atoms with E-state index in [1.807, 2.05) is 36.4 Å². The maximum atomic E-state index is 11.6. The van der Waals surface area contributed by atoms with Crippen molar-refractivity contribution in [3.63, 3.8) is 0 Å². The minimum absolute atomic E-state index is 0.238. The Morgan fingerprint density at radius 3 is 2.78 bits per heavy atom. The monoisotopic (exact) mass is 246 g/mol. The molecule has 1 aromatic rings. The van der Waals surface area contributed by atoms with Gasteiger partial charge in [0, 0.05) is 5.69 Å². The van der Waals surface area contributed by atoms with Crippen LogP contribution < -0.4 is 10.6 Å². The Balaban J connectivity index is 1.81. The van der Waals surface area contributed by atoms with E-state index in [-0.39, 0.29) is 12.6 Å². The van der Waals surface area contributed by atoms with E-state index in [4.69, 9.17) is 0 Å². The lowest BCUT2D eigenvalue weighted by molar-refractivity contribution is 0.0768. The van der Waals surface area contributed by atoms with Gasteiger partial charge in [0.25, 0.3) is 0 Å². The zero-order valence-corrected chi connectivity index (χ0v) is 10.2. The molecule has 1 aliphatic carbocycles. The molecular weight excluding hydrogens is 228 g/mol. The fourth-order valence-electron chi connectivity index (χ4n) is 1.99. The maximum Gasteiger partial charge on any atom is 0.319 e. The van der Waals surface area contributed by atoms with Gasteiger partial charge in [-0.15, -0.1) is 0 Å². The molecule has 4 heteroatoms. The Labute approximate surface area is 107 Å². The second kappa shape index (κ2) is 5.69. The molecular formula is C14H18N2O2. The standard InChI is InChI=1S/C14H18N2O2/c17-13(16-12-7-3-1-4-8-12)15-11-14(18)9-5-2-6-10-14/h1,3-5,7-9,18H,2,6,10-11H2,(H2,15,16,17). The van der Waals surface area contributed by atoms with Gasteiger partial charge in [0.05, 0.1) is 6.54 Å². The number of carbonyl (C=O) groups is 1. The first kappa shape index (κ1) is 12.6. The molecule has 0 saturated carbocycles. The van der Waals surface area contributed by atoms with Gasteiger partial charge in [0.15, 0.2) is 0 Å². The van der Waals surface area contributed by atoms with Crippen molar-refractivity contribution >= 4 is 11.7 Å². The Morgan fingerprint density at radius 2 is 2.11 bits per heavy atom. The van der Waals surface area contributed by atoms with Crippen LogP contribution in [0.1, 0.15) is 19.3 Å². The van der Waals surface area contributed by atoms with Crippen LogP contribution in [0.5, 0.6) is 0 Å². The van der Waals surface area contributed by atoms with Crippen molar-refractivity contribution in [1.29, 1.82) is 0 Å². The predicted molar refractivity (Wildman–Crippen MR) is 71.4 cm³/mol. The topological polar surface area (TPSA) is 61.4 Å². The van der Waals surface area contributed by atoms with Crippen LogP contribution in [-0.4, -0.2) is 23.3 Å². The van der Waals surface area contributed by atoms with E-state index < -0.39 is 5.60 Å². The minimum atomic E-state index is -0.897. The molecule has 1 aromatic carbocycles. The average molecular weight is 246 g/mol. The molecule has 18 heavy (non-hydrogen) atoms. The summed E-state index contributed by atoms with van der Waals surface area (Å²) in [6.45, 7) is 0.238. The molecule has 0 saturated heterocycles. The van der Waals surface area contributed by atoms with Crippen molar-refractivity contribution in [2.45, 2.75) is 24.9 Å². The molecule has 96 valence electrons. The second-order valence-corrected chi connectivity index (χ2v) is 4.57. The van der Waals surface area contributed by atoms with E-state index >= 15 is 0 Å². The first-order valence-electron chi connectivity index (χ1n) is 6.18. The normalized spacial score (nSPS) is 22.5. The van der Waals surface area contributed by atoms with E-state index in [2.05, 4.69) is 10.6 Å². The molecule has 1 unspecified atom stereocenters. The average Bonchev–Trinajstić information content (AvgIpc) is 2.39. The highest BCUT2D eigenvalue weighted by Crippen LogP contribution is 2.20. The lowest BCUT2D eigenvalue weighted by Crippen LogP contribution is -2.43. The highest BCUT2D eigenvalue weighted by atomic mass is 16.3. The minimum Gasteiger partial charge on any atom is -0.384 e. The summed E-state index contributed by atoms with van der Waals surface area (Å²) in [5, 5.41) is 15.6. The highest BCUT2D eigenvalue weighted by molar-refractivity contribution is 5.89. The Bertz CT molecular complexity index is 431. The first-order chi connectivity index (χ1) is 8.68. The summed E-state index contributed by atoms with van der Waals surface area (Å²) in [6, 6.07) is 8.93. The number of carbonyl (C=O) groups excluding carboxylic acids is 1. The number of urea groups is 1. The van der Waals surface area contributed by atoms with Crippen LogP contribution in [-0.2, 0) is 0 Å². The predicted octanol–water partition coefficient (Wildman–Crippen LogP) is 2.28. The van der Waals surface area contributed by atoms with Crippen molar-refractivity contribution in [1.82, 2.24) is 5.32 Å². The van der Waals surface area contributed by atoms with Gasteiger partial charge in [-0.25, -0.2) is 4.79 Å². The Morgan fingerprint density at radius 1 is 1.33 bits per heavy atom. The van der Waals surface area contributed by atoms with Crippen LogP contribution in [0.2, 0.25) is 0 Å². The van der Waals surface area contributed by atoms with Crippen LogP contribution >= 0.6 is 0 Å². The maximum absolute atomic E-state index is 11.6. The fourth-order valence-corrected chi connectivity index (χ4v) is 1.99. The molecule has 0 aromatic heterocycles. The molecule has 0 heterocycles. The number of aliphatic hydroxyl groups is 1. The number of anilines is 1. The van der Waals surface area contributed by atoms with E-state index in [9.17, 15) is 9.90 Å². The summed E-state index contributed by atoms with van der Waals surface area (Å²) in [7, 11) is 0. The molecule has 1 aliphatic rings. The Hall–Kier alpha value is -1.81. The largest absolute Gasteiger partial charge is 0.384 e. The molecule has 0 fully saturated rings.